The van der Waals surface area contributed by atoms with Crippen molar-refractivity contribution in [1.82, 2.24) is 5.32 Å². The lowest BCUT2D eigenvalue weighted by Gasteiger charge is -2.15. The fourth-order valence-corrected chi connectivity index (χ4v) is 2.01. The minimum Gasteiger partial charge on any atom is -0.508 e. The summed E-state index contributed by atoms with van der Waals surface area (Å²) in [5, 5.41) is 13.2. The van der Waals surface area contributed by atoms with Crippen LogP contribution in [0.2, 0.25) is 0 Å². The molecule has 2 nitrogen and oxygen atoms in total. The first-order chi connectivity index (χ1) is 7.16. The lowest BCUT2D eigenvalue weighted by Crippen LogP contribution is -2.21. The van der Waals surface area contributed by atoms with Gasteiger partial charge in [0.05, 0.1) is 0 Å². The van der Waals surface area contributed by atoms with E-state index >= 15 is 0 Å². The molecule has 0 aromatic heterocycles. The number of hydrogen-bond donors (Lipinski definition) is 2. The Bertz CT molecular complexity index is 349. The van der Waals surface area contributed by atoms with Gasteiger partial charge < -0.3 is 10.4 Å². The highest BCUT2D eigenvalue weighted by Gasteiger charge is 2.22. The van der Waals surface area contributed by atoms with Crippen LogP contribution in [0.5, 0.6) is 5.75 Å². The van der Waals surface area contributed by atoms with E-state index in [1.807, 2.05) is 12.1 Å². The van der Waals surface area contributed by atoms with Crippen molar-refractivity contribution in [2.24, 2.45) is 5.92 Å². The van der Waals surface area contributed by atoms with Gasteiger partial charge in [0.25, 0.3) is 0 Å². The minimum absolute atomic E-state index is 0.221. The first-order valence-electron chi connectivity index (χ1n) is 5.38. The van der Waals surface area contributed by atoms with Crippen LogP contribution in [0, 0.1) is 5.92 Å². The van der Waals surface area contributed by atoms with Crippen LogP contribution in [0.1, 0.15) is 31.4 Å². The molecule has 1 aromatic carbocycles. The smallest absolute Gasteiger partial charge is 0.121 e. The highest BCUT2D eigenvalue weighted by molar-refractivity contribution is 9.10. The Morgan fingerprint density at radius 3 is 2.87 bits per heavy atom. The van der Waals surface area contributed by atoms with E-state index in [0.29, 0.717) is 5.75 Å². The van der Waals surface area contributed by atoms with Gasteiger partial charge in [-0.2, -0.15) is 0 Å². The molecule has 0 amide bonds. The van der Waals surface area contributed by atoms with Crippen molar-refractivity contribution in [3.8, 4) is 5.75 Å². The van der Waals surface area contributed by atoms with E-state index in [1.54, 1.807) is 6.07 Å². The first kappa shape index (κ1) is 11.0. The van der Waals surface area contributed by atoms with Crippen LogP contribution in [-0.4, -0.2) is 11.7 Å². The fraction of sp³-hybridized carbons (Fsp3) is 0.500. The lowest BCUT2D eigenvalue weighted by atomic mass is 10.1. The average molecular weight is 270 g/mol. The van der Waals surface area contributed by atoms with Crippen molar-refractivity contribution >= 4 is 15.9 Å². The third kappa shape index (κ3) is 2.95. The average Bonchev–Trinajstić information content (AvgIpc) is 2.97. The molecular weight excluding hydrogens is 254 g/mol. The van der Waals surface area contributed by atoms with Crippen molar-refractivity contribution < 1.29 is 5.11 Å². The zero-order valence-electron chi connectivity index (χ0n) is 8.83. The maximum absolute atomic E-state index is 9.77. The topological polar surface area (TPSA) is 32.3 Å². The van der Waals surface area contributed by atoms with Gasteiger partial charge in [0.1, 0.15) is 5.75 Å². The molecule has 0 aliphatic heterocycles. The molecule has 2 rings (SSSR count). The van der Waals surface area contributed by atoms with Crippen molar-refractivity contribution in [1.29, 1.82) is 0 Å². The van der Waals surface area contributed by atoms with Gasteiger partial charge in [-0.3, -0.25) is 0 Å². The van der Waals surface area contributed by atoms with Crippen LogP contribution in [0.25, 0.3) is 0 Å². The summed E-state index contributed by atoms with van der Waals surface area (Å²) in [6, 6.07) is 5.89. The number of nitrogens with one attached hydrogen (secondary N) is 1. The van der Waals surface area contributed by atoms with Crippen LogP contribution in [-0.2, 0) is 0 Å². The zero-order valence-corrected chi connectivity index (χ0v) is 10.4. The molecule has 82 valence electrons. The van der Waals surface area contributed by atoms with Crippen molar-refractivity contribution in [2.45, 2.75) is 25.8 Å². The second-order valence-electron chi connectivity index (χ2n) is 4.28. The van der Waals surface area contributed by atoms with Gasteiger partial charge in [0, 0.05) is 16.1 Å². The standard InChI is InChI=1S/C12H16BrNO/c1-8(14-7-9-2-3-9)11-5-4-10(13)6-12(11)15/h4-6,8-9,14-15H,2-3,7H2,1H3. The molecule has 0 bridgehead atoms. The Balaban J connectivity index is 1.99. The summed E-state index contributed by atoms with van der Waals surface area (Å²) in [5.41, 5.74) is 0.971. The molecular formula is C12H16BrNO. The van der Waals surface area contributed by atoms with Crippen LogP contribution in [0.3, 0.4) is 0 Å². The Morgan fingerprint density at radius 1 is 1.53 bits per heavy atom. The fourth-order valence-electron chi connectivity index (χ4n) is 1.66. The maximum atomic E-state index is 9.77. The molecule has 1 aliphatic rings. The minimum atomic E-state index is 0.221. The van der Waals surface area contributed by atoms with E-state index < -0.39 is 0 Å². The van der Waals surface area contributed by atoms with Crippen molar-refractivity contribution in [3.05, 3.63) is 28.2 Å². The Hall–Kier alpha value is -0.540. The molecule has 0 spiro atoms. The molecule has 0 radical (unpaired) electrons. The molecule has 0 saturated heterocycles. The number of benzene rings is 1. The van der Waals surface area contributed by atoms with Crippen LogP contribution < -0.4 is 5.32 Å². The molecule has 1 aliphatic carbocycles. The number of aromatic hydroxyl groups is 1. The quantitative estimate of drug-likeness (QED) is 0.880. The summed E-state index contributed by atoms with van der Waals surface area (Å²) in [4.78, 5) is 0. The number of rotatable bonds is 4. The predicted octanol–water partition coefficient (Wildman–Crippen LogP) is 3.22. The summed E-state index contributed by atoms with van der Waals surface area (Å²) < 4.78 is 0.915. The van der Waals surface area contributed by atoms with E-state index in [-0.39, 0.29) is 6.04 Å². The maximum Gasteiger partial charge on any atom is 0.121 e. The molecule has 1 aromatic rings. The summed E-state index contributed by atoms with van der Waals surface area (Å²) in [6.07, 6.45) is 2.71. The molecule has 2 N–H and O–H groups in total. The first-order valence-corrected chi connectivity index (χ1v) is 6.18. The SMILES string of the molecule is CC(NCC1CC1)c1ccc(Br)cc1O. The Labute approximate surface area is 98.8 Å². The predicted molar refractivity (Wildman–Crippen MR) is 64.9 cm³/mol. The molecule has 0 heterocycles. The number of phenols is 1. The van der Waals surface area contributed by atoms with Crippen LogP contribution in [0.15, 0.2) is 22.7 Å². The Morgan fingerprint density at radius 2 is 2.27 bits per heavy atom. The molecule has 1 saturated carbocycles. The summed E-state index contributed by atoms with van der Waals surface area (Å²) in [7, 11) is 0. The van der Waals surface area contributed by atoms with Gasteiger partial charge in [-0.25, -0.2) is 0 Å². The van der Waals surface area contributed by atoms with E-state index in [2.05, 4.69) is 28.2 Å². The Kier molecular flexibility index (Phi) is 3.32. The van der Waals surface area contributed by atoms with Gasteiger partial charge in [-0.1, -0.05) is 22.0 Å². The zero-order chi connectivity index (χ0) is 10.8. The van der Waals surface area contributed by atoms with Gasteiger partial charge in [0.2, 0.25) is 0 Å². The van der Waals surface area contributed by atoms with Crippen molar-refractivity contribution in [2.75, 3.05) is 6.54 Å². The third-order valence-corrected chi connectivity index (χ3v) is 3.36. The lowest BCUT2D eigenvalue weighted by molar-refractivity contribution is 0.450. The molecule has 1 unspecified atom stereocenters. The second-order valence-corrected chi connectivity index (χ2v) is 5.19. The summed E-state index contributed by atoms with van der Waals surface area (Å²) >= 11 is 3.34. The molecule has 3 heteroatoms. The van der Waals surface area contributed by atoms with E-state index in [1.165, 1.54) is 12.8 Å². The van der Waals surface area contributed by atoms with Crippen LogP contribution >= 0.6 is 15.9 Å². The van der Waals surface area contributed by atoms with Gasteiger partial charge in [-0.05, 0) is 44.4 Å². The number of halogens is 1. The third-order valence-electron chi connectivity index (χ3n) is 2.87. The second kappa shape index (κ2) is 4.54. The summed E-state index contributed by atoms with van der Waals surface area (Å²) in [5.74, 6) is 1.23. The van der Waals surface area contributed by atoms with Gasteiger partial charge in [0.15, 0.2) is 0 Å². The van der Waals surface area contributed by atoms with E-state index in [9.17, 15) is 5.11 Å². The summed E-state index contributed by atoms with van der Waals surface area (Å²) in [6.45, 7) is 3.15. The van der Waals surface area contributed by atoms with Crippen molar-refractivity contribution in [3.63, 3.8) is 0 Å². The molecule has 1 fully saturated rings. The molecule has 15 heavy (non-hydrogen) atoms. The normalized spacial score (nSPS) is 17.7. The largest absolute Gasteiger partial charge is 0.508 e. The number of phenolic OH excluding ortho intramolecular Hbond substituents is 1. The highest BCUT2D eigenvalue weighted by atomic mass is 79.9. The molecule has 1 atom stereocenters. The van der Waals surface area contributed by atoms with E-state index in [0.717, 1.165) is 22.5 Å². The van der Waals surface area contributed by atoms with Gasteiger partial charge in [-0.15, -0.1) is 0 Å². The van der Waals surface area contributed by atoms with Crippen LogP contribution in [0.4, 0.5) is 0 Å². The van der Waals surface area contributed by atoms with E-state index in [4.69, 9.17) is 0 Å². The highest BCUT2D eigenvalue weighted by Crippen LogP contribution is 2.30. The monoisotopic (exact) mass is 269 g/mol. The van der Waals surface area contributed by atoms with Gasteiger partial charge >= 0.3 is 0 Å². The number of hydrogen-bond acceptors (Lipinski definition) is 2.